The van der Waals surface area contributed by atoms with E-state index >= 15 is 0 Å². The van der Waals surface area contributed by atoms with E-state index in [4.69, 9.17) is 0 Å². The van der Waals surface area contributed by atoms with Crippen LogP contribution in [-0.4, -0.2) is 47.9 Å². The maximum atomic E-state index is 13.1. The predicted molar refractivity (Wildman–Crippen MR) is 115 cm³/mol. The number of carbonyl (C=O) groups excluding carboxylic acids is 2. The molecule has 2 N–H and O–H groups in total. The molecule has 0 aromatic carbocycles. The van der Waals surface area contributed by atoms with Crippen LogP contribution in [0.4, 0.5) is 0 Å². The Hall–Kier alpha value is -1.59. The Morgan fingerprint density at radius 2 is 1.48 bits per heavy atom. The maximum Gasteiger partial charge on any atom is 0.307 e. The van der Waals surface area contributed by atoms with Crippen molar-refractivity contribution in [2.45, 2.75) is 80.6 Å². The van der Waals surface area contributed by atoms with Crippen LogP contribution in [0.2, 0.25) is 0 Å². The van der Waals surface area contributed by atoms with Gasteiger partial charge in [0.05, 0.1) is 17.3 Å². The quantitative estimate of drug-likeness (QED) is 0.665. The van der Waals surface area contributed by atoms with Gasteiger partial charge in [0, 0.05) is 20.1 Å². The topological polar surface area (TPSA) is 86.7 Å². The fourth-order valence-electron chi connectivity index (χ4n) is 4.39. The second-order valence-electron chi connectivity index (χ2n) is 11.2. The molecule has 2 amide bonds. The third-order valence-electron chi connectivity index (χ3n) is 6.55. The highest BCUT2D eigenvalue weighted by Gasteiger charge is 2.46. The van der Waals surface area contributed by atoms with Crippen LogP contribution in [0.15, 0.2) is 0 Å². The highest BCUT2D eigenvalue weighted by atomic mass is 16.4. The molecule has 0 aromatic rings. The Balaban J connectivity index is 2.71. The fraction of sp³-hybridized carbons (Fsp3) is 0.870. The van der Waals surface area contributed by atoms with E-state index in [9.17, 15) is 19.5 Å². The van der Waals surface area contributed by atoms with Gasteiger partial charge in [-0.25, -0.2) is 0 Å². The molecule has 1 rings (SSSR count). The summed E-state index contributed by atoms with van der Waals surface area (Å²) in [6, 6.07) is 0. The lowest BCUT2D eigenvalue weighted by Crippen LogP contribution is -2.51. The molecule has 0 spiro atoms. The van der Waals surface area contributed by atoms with Crippen molar-refractivity contribution in [3.63, 3.8) is 0 Å². The third-order valence-corrected chi connectivity index (χ3v) is 6.55. The van der Waals surface area contributed by atoms with Crippen LogP contribution in [-0.2, 0) is 14.4 Å². The van der Waals surface area contributed by atoms with Gasteiger partial charge in [0.2, 0.25) is 11.8 Å². The summed E-state index contributed by atoms with van der Waals surface area (Å²) in [6.45, 7) is 15.4. The molecule has 0 aromatic heterocycles. The molecule has 3 unspecified atom stereocenters. The number of rotatable bonds is 7. The van der Waals surface area contributed by atoms with Gasteiger partial charge in [-0.05, 0) is 30.1 Å². The summed E-state index contributed by atoms with van der Waals surface area (Å²) >= 11 is 0. The first-order chi connectivity index (χ1) is 13.1. The van der Waals surface area contributed by atoms with Gasteiger partial charge in [-0.1, -0.05) is 61.3 Å². The Kier molecular flexibility index (Phi) is 8.32. The molecular formula is C23H42N2O4. The summed E-state index contributed by atoms with van der Waals surface area (Å²) in [7, 11) is 1.69. The van der Waals surface area contributed by atoms with Crippen LogP contribution in [0.3, 0.4) is 0 Å². The molecule has 0 radical (unpaired) electrons. The Bertz CT molecular complexity index is 603. The summed E-state index contributed by atoms with van der Waals surface area (Å²) < 4.78 is 0. The Labute approximate surface area is 176 Å². The highest BCUT2D eigenvalue weighted by molar-refractivity contribution is 5.85. The van der Waals surface area contributed by atoms with E-state index < -0.39 is 23.2 Å². The monoisotopic (exact) mass is 410 g/mol. The van der Waals surface area contributed by atoms with Crippen molar-refractivity contribution in [1.82, 2.24) is 10.2 Å². The number of amides is 2. The lowest BCUT2D eigenvalue weighted by Gasteiger charge is -2.44. The number of hydrogen-bond donors (Lipinski definition) is 2. The summed E-state index contributed by atoms with van der Waals surface area (Å²) in [5, 5.41) is 12.4. The molecule has 0 heterocycles. The second-order valence-corrected chi connectivity index (χ2v) is 11.2. The van der Waals surface area contributed by atoms with Gasteiger partial charge in [-0.15, -0.1) is 0 Å². The smallest absolute Gasteiger partial charge is 0.307 e. The van der Waals surface area contributed by atoms with Crippen molar-refractivity contribution >= 4 is 17.8 Å². The van der Waals surface area contributed by atoms with Crippen LogP contribution in [0.1, 0.15) is 80.6 Å². The molecule has 0 bridgehead atoms. The van der Waals surface area contributed by atoms with E-state index in [2.05, 4.69) is 46.9 Å². The molecule has 1 aliphatic rings. The van der Waals surface area contributed by atoms with E-state index in [1.165, 1.54) is 0 Å². The summed E-state index contributed by atoms with van der Waals surface area (Å²) in [6.07, 6.45) is 3.70. The fourth-order valence-corrected chi connectivity index (χ4v) is 4.39. The minimum absolute atomic E-state index is 0.00172. The number of carbonyl (C=O) groups is 3. The molecule has 3 atom stereocenters. The highest BCUT2D eigenvalue weighted by Crippen LogP contribution is 2.46. The molecule has 1 saturated carbocycles. The van der Waals surface area contributed by atoms with Gasteiger partial charge in [0.1, 0.15) is 0 Å². The second kappa shape index (κ2) is 9.48. The summed E-state index contributed by atoms with van der Waals surface area (Å²) in [5.41, 5.74) is -0.729. The lowest BCUT2D eigenvalue weighted by molar-refractivity contribution is -0.151. The van der Waals surface area contributed by atoms with Gasteiger partial charge in [-0.3, -0.25) is 14.4 Å². The number of nitrogens with one attached hydrogen (secondary N) is 1. The zero-order valence-corrected chi connectivity index (χ0v) is 19.7. The molecule has 1 aliphatic carbocycles. The van der Waals surface area contributed by atoms with Crippen molar-refractivity contribution in [3.05, 3.63) is 0 Å². The average Bonchev–Trinajstić information content (AvgIpc) is 2.58. The van der Waals surface area contributed by atoms with Crippen LogP contribution in [0, 0.1) is 28.1 Å². The normalized spacial score (nSPS) is 22.5. The number of nitrogens with zero attached hydrogens (tertiary/aromatic N) is 1. The van der Waals surface area contributed by atoms with Crippen molar-refractivity contribution < 1.29 is 19.5 Å². The van der Waals surface area contributed by atoms with E-state index in [1.54, 1.807) is 11.9 Å². The van der Waals surface area contributed by atoms with Gasteiger partial charge < -0.3 is 15.3 Å². The van der Waals surface area contributed by atoms with Gasteiger partial charge in [0.25, 0.3) is 0 Å². The van der Waals surface area contributed by atoms with Crippen LogP contribution < -0.4 is 5.32 Å². The van der Waals surface area contributed by atoms with Crippen molar-refractivity contribution in [2.75, 3.05) is 20.1 Å². The van der Waals surface area contributed by atoms with Gasteiger partial charge in [-0.2, -0.15) is 0 Å². The molecule has 0 aliphatic heterocycles. The van der Waals surface area contributed by atoms with Gasteiger partial charge in [0.15, 0.2) is 0 Å². The number of hydrogen-bond acceptors (Lipinski definition) is 3. The largest absolute Gasteiger partial charge is 0.481 e. The number of likely N-dealkylation sites (N-methyl/N-ethyl adjacent to an activating group) is 1. The van der Waals surface area contributed by atoms with E-state index in [0.717, 1.165) is 19.3 Å². The molecule has 1 fully saturated rings. The molecule has 6 nitrogen and oxygen atoms in total. The van der Waals surface area contributed by atoms with Crippen LogP contribution in [0.5, 0.6) is 0 Å². The van der Waals surface area contributed by atoms with E-state index in [0.29, 0.717) is 25.9 Å². The predicted octanol–water partition coefficient (Wildman–Crippen LogP) is 3.94. The average molecular weight is 411 g/mol. The molecule has 0 saturated heterocycles. The summed E-state index contributed by atoms with van der Waals surface area (Å²) in [5.74, 6) is -2.05. The van der Waals surface area contributed by atoms with Crippen molar-refractivity contribution in [2.24, 2.45) is 28.1 Å². The maximum absolute atomic E-state index is 13.1. The first-order valence-corrected chi connectivity index (χ1v) is 10.9. The number of aliphatic carboxylic acids is 1. The Morgan fingerprint density at radius 1 is 0.966 bits per heavy atom. The molecular weight excluding hydrogens is 368 g/mol. The summed E-state index contributed by atoms with van der Waals surface area (Å²) in [4.78, 5) is 38.9. The van der Waals surface area contributed by atoms with E-state index in [-0.39, 0.29) is 22.6 Å². The SMILES string of the molecule is CN(CCNC(=O)C(C)(CC(C)(C)C)C(C)(C)C)C(=O)C1CCCCC1C(=O)O. The first-order valence-electron chi connectivity index (χ1n) is 10.9. The minimum atomic E-state index is -0.882. The first kappa shape index (κ1) is 25.4. The van der Waals surface area contributed by atoms with Crippen LogP contribution >= 0.6 is 0 Å². The number of carboxylic acid groups (broad SMARTS) is 1. The Morgan fingerprint density at radius 3 is 1.93 bits per heavy atom. The van der Waals surface area contributed by atoms with Crippen molar-refractivity contribution in [1.29, 1.82) is 0 Å². The number of carboxylic acids is 1. The minimum Gasteiger partial charge on any atom is -0.481 e. The lowest BCUT2D eigenvalue weighted by atomic mass is 9.61. The van der Waals surface area contributed by atoms with Crippen LogP contribution in [0.25, 0.3) is 0 Å². The molecule has 6 heteroatoms. The van der Waals surface area contributed by atoms with Gasteiger partial charge >= 0.3 is 5.97 Å². The standard InChI is InChI=1S/C23H42N2O4/c1-21(2,3)15-23(7,22(4,5)6)20(29)24-13-14-25(8)18(26)16-11-9-10-12-17(16)19(27)28/h16-17H,9-15H2,1-8H3,(H,24,29)(H,27,28). The zero-order valence-electron chi connectivity index (χ0n) is 19.7. The van der Waals surface area contributed by atoms with E-state index in [1.807, 2.05) is 6.92 Å². The molecule has 168 valence electrons. The third kappa shape index (κ3) is 6.71. The van der Waals surface area contributed by atoms with Crippen molar-refractivity contribution in [3.8, 4) is 0 Å². The zero-order chi connectivity index (χ0) is 22.6. The molecule has 29 heavy (non-hydrogen) atoms.